The molecule has 1 amide bonds. The molecule has 0 aliphatic carbocycles. The number of carbonyl (C=O) groups excluding carboxylic acids is 1. The number of thioether (sulfide) groups is 1. The highest BCUT2D eigenvalue weighted by atomic mass is 32.2. The summed E-state index contributed by atoms with van der Waals surface area (Å²) in [6, 6.07) is 10.3. The van der Waals surface area contributed by atoms with E-state index in [-0.39, 0.29) is 11.2 Å². The third kappa shape index (κ3) is 3.23. The highest BCUT2D eigenvalue weighted by Gasteiger charge is 2.28. The Bertz CT molecular complexity index is 382. The van der Waals surface area contributed by atoms with Gasteiger partial charge in [0.1, 0.15) is 6.10 Å². The number of carbonyl (C=O) groups is 1. The molecule has 0 spiro atoms. The van der Waals surface area contributed by atoms with Crippen LogP contribution in [-0.2, 0) is 4.79 Å². The van der Waals surface area contributed by atoms with Crippen molar-refractivity contribution in [1.29, 1.82) is 0 Å². The molecule has 0 saturated carbocycles. The predicted octanol–water partition coefficient (Wildman–Crippen LogP) is 1.73. The number of hydrogen-bond donors (Lipinski definition) is 2. The Hall–Kier alpha value is -1.00. The molecule has 0 aromatic heterocycles. The van der Waals surface area contributed by atoms with E-state index in [1.165, 1.54) is 5.56 Å². The first-order chi connectivity index (χ1) is 8.16. The summed E-state index contributed by atoms with van der Waals surface area (Å²) in [6.45, 7) is 2.81. The standard InChI is InChI=1S/C13H17NO2S/c1-9(10-5-3-2-4-6-10)17-11-7-12(15)13(16)14-8-11/h2-6,9,11-12,15H,7-8H2,1H3,(H,14,16). The van der Waals surface area contributed by atoms with Gasteiger partial charge in [0, 0.05) is 17.0 Å². The molecule has 1 heterocycles. The fourth-order valence-electron chi connectivity index (χ4n) is 1.97. The van der Waals surface area contributed by atoms with Crippen LogP contribution >= 0.6 is 11.8 Å². The van der Waals surface area contributed by atoms with Gasteiger partial charge in [-0.3, -0.25) is 4.79 Å². The van der Waals surface area contributed by atoms with Gasteiger partial charge in [-0.15, -0.1) is 11.8 Å². The zero-order chi connectivity index (χ0) is 12.3. The van der Waals surface area contributed by atoms with Gasteiger partial charge in [0.25, 0.3) is 0 Å². The van der Waals surface area contributed by atoms with E-state index in [0.29, 0.717) is 18.2 Å². The summed E-state index contributed by atoms with van der Waals surface area (Å²) >= 11 is 1.80. The van der Waals surface area contributed by atoms with Gasteiger partial charge >= 0.3 is 0 Å². The van der Waals surface area contributed by atoms with Gasteiger partial charge in [-0.1, -0.05) is 30.3 Å². The molecular formula is C13H17NO2S. The first-order valence-corrected chi connectivity index (χ1v) is 6.77. The molecule has 17 heavy (non-hydrogen) atoms. The van der Waals surface area contributed by atoms with Crippen LogP contribution in [0.15, 0.2) is 30.3 Å². The molecule has 3 nitrogen and oxygen atoms in total. The van der Waals surface area contributed by atoms with Gasteiger partial charge in [0.05, 0.1) is 0 Å². The number of rotatable bonds is 3. The van der Waals surface area contributed by atoms with Gasteiger partial charge in [0.2, 0.25) is 5.91 Å². The zero-order valence-electron chi connectivity index (χ0n) is 9.80. The second kappa shape index (κ2) is 5.56. The predicted molar refractivity (Wildman–Crippen MR) is 69.9 cm³/mol. The lowest BCUT2D eigenvalue weighted by molar-refractivity contribution is -0.131. The molecule has 92 valence electrons. The van der Waals surface area contributed by atoms with Crippen molar-refractivity contribution < 1.29 is 9.90 Å². The monoisotopic (exact) mass is 251 g/mol. The van der Waals surface area contributed by atoms with E-state index < -0.39 is 6.10 Å². The Balaban J connectivity index is 1.91. The summed E-state index contributed by atoms with van der Waals surface area (Å²) in [4.78, 5) is 11.1. The maximum absolute atomic E-state index is 11.1. The Labute approximate surface area is 106 Å². The molecule has 1 aromatic rings. The van der Waals surface area contributed by atoms with Crippen molar-refractivity contribution >= 4 is 17.7 Å². The second-order valence-electron chi connectivity index (χ2n) is 4.31. The third-order valence-electron chi connectivity index (χ3n) is 2.96. The Morgan fingerprint density at radius 3 is 2.76 bits per heavy atom. The number of aliphatic hydroxyl groups is 1. The summed E-state index contributed by atoms with van der Waals surface area (Å²) in [5.74, 6) is -0.241. The summed E-state index contributed by atoms with van der Waals surface area (Å²) in [5, 5.41) is 12.9. The third-order valence-corrected chi connectivity index (χ3v) is 4.38. The maximum Gasteiger partial charge on any atom is 0.248 e. The second-order valence-corrected chi connectivity index (χ2v) is 5.95. The zero-order valence-corrected chi connectivity index (χ0v) is 10.6. The molecule has 1 aliphatic rings. The van der Waals surface area contributed by atoms with Crippen molar-refractivity contribution in [2.45, 2.75) is 29.9 Å². The van der Waals surface area contributed by atoms with Crippen molar-refractivity contribution in [3.05, 3.63) is 35.9 Å². The fraction of sp³-hybridized carbons (Fsp3) is 0.462. The highest BCUT2D eigenvalue weighted by molar-refractivity contribution is 8.00. The van der Waals surface area contributed by atoms with Gasteiger partial charge in [-0.2, -0.15) is 0 Å². The summed E-state index contributed by atoms with van der Waals surface area (Å²) < 4.78 is 0. The van der Waals surface area contributed by atoms with Crippen LogP contribution in [0.1, 0.15) is 24.2 Å². The van der Waals surface area contributed by atoms with E-state index in [9.17, 15) is 9.90 Å². The van der Waals surface area contributed by atoms with Gasteiger partial charge in [0.15, 0.2) is 0 Å². The molecular weight excluding hydrogens is 234 g/mol. The molecule has 2 rings (SSSR count). The first-order valence-electron chi connectivity index (χ1n) is 5.83. The maximum atomic E-state index is 11.1. The van der Waals surface area contributed by atoms with E-state index in [1.807, 2.05) is 18.2 Å². The SMILES string of the molecule is CC(SC1CNC(=O)C(O)C1)c1ccccc1. The topological polar surface area (TPSA) is 49.3 Å². The molecule has 4 heteroatoms. The smallest absolute Gasteiger partial charge is 0.248 e. The van der Waals surface area contributed by atoms with Crippen LogP contribution < -0.4 is 5.32 Å². The molecule has 0 bridgehead atoms. The Morgan fingerprint density at radius 2 is 2.12 bits per heavy atom. The fourth-order valence-corrected chi connectivity index (χ4v) is 3.33. The number of hydrogen-bond acceptors (Lipinski definition) is 3. The quantitative estimate of drug-likeness (QED) is 0.860. The Kier molecular flexibility index (Phi) is 4.07. The molecule has 1 aromatic carbocycles. The number of benzene rings is 1. The molecule has 1 saturated heterocycles. The molecule has 3 atom stereocenters. The normalized spacial score (nSPS) is 26.4. The van der Waals surface area contributed by atoms with Crippen molar-refractivity contribution in [2.75, 3.05) is 6.54 Å². The van der Waals surface area contributed by atoms with Crippen LogP contribution in [0.25, 0.3) is 0 Å². The molecule has 0 radical (unpaired) electrons. The summed E-state index contributed by atoms with van der Waals surface area (Å²) in [7, 11) is 0. The molecule has 1 fully saturated rings. The molecule has 3 unspecified atom stereocenters. The molecule has 2 N–H and O–H groups in total. The lowest BCUT2D eigenvalue weighted by Gasteiger charge is -2.28. The van der Waals surface area contributed by atoms with Gasteiger partial charge < -0.3 is 10.4 Å². The van der Waals surface area contributed by atoms with Crippen LogP contribution in [0.5, 0.6) is 0 Å². The van der Waals surface area contributed by atoms with E-state index in [4.69, 9.17) is 0 Å². The van der Waals surface area contributed by atoms with Gasteiger partial charge in [-0.25, -0.2) is 0 Å². The summed E-state index contributed by atoms with van der Waals surface area (Å²) in [6.07, 6.45) is -0.294. The van der Waals surface area contributed by atoms with Crippen molar-refractivity contribution in [3.63, 3.8) is 0 Å². The van der Waals surface area contributed by atoms with Crippen LogP contribution in [-0.4, -0.2) is 28.9 Å². The number of amides is 1. The number of piperidine rings is 1. The lowest BCUT2D eigenvalue weighted by atomic mass is 10.1. The van der Waals surface area contributed by atoms with E-state index in [1.54, 1.807) is 11.8 Å². The largest absolute Gasteiger partial charge is 0.383 e. The average Bonchev–Trinajstić information content (AvgIpc) is 2.35. The van der Waals surface area contributed by atoms with Crippen molar-refractivity contribution in [2.24, 2.45) is 0 Å². The highest BCUT2D eigenvalue weighted by Crippen LogP contribution is 2.34. The average molecular weight is 251 g/mol. The van der Waals surface area contributed by atoms with E-state index in [2.05, 4.69) is 24.4 Å². The number of aliphatic hydroxyl groups excluding tert-OH is 1. The minimum absolute atomic E-state index is 0.241. The minimum atomic E-state index is -0.843. The van der Waals surface area contributed by atoms with Crippen LogP contribution in [0.3, 0.4) is 0 Å². The van der Waals surface area contributed by atoms with Crippen molar-refractivity contribution in [1.82, 2.24) is 5.32 Å². The Morgan fingerprint density at radius 1 is 1.41 bits per heavy atom. The van der Waals surface area contributed by atoms with Gasteiger partial charge in [-0.05, 0) is 18.9 Å². The molecule has 1 aliphatic heterocycles. The summed E-state index contributed by atoms with van der Waals surface area (Å²) in [5.41, 5.74) is 1.28. The van der Waals surface area contributed by atoms with Crippen LogP contribution in [0.4, 0.5) is 0 Å². The lowest BCUT2D eigenvalue weighted by Crippen LogP contribution is -2.46. The minimum Gasteiger partial charge on any atom is -0.383 e. The number of nitrogens with one attached hydrogen (secondary N) is 1. The van der Waals surface area contributed by atoms with E-state index >= 15 is 0 Å². The first kappa shape index (κ1) is 12.5. The van der Waals surface area contributed by atoms with Crippen molar-refractivity contribution in [3.8, 4) is 0 Å². The van der Waals surface area contributed by atoms with Crippen LogP contribution in [0, 0.1) is 0 Å². The van der Waals surface area contributed by atoms with E-state index in [0.717, 1.165) is 0 Å². The van der Waals surface area contributed by atoms with Crippen LogP contribution in [0.2, 0.25) is 0 Å².